The molecule has 96 valence electrons. The van der Waals surface area contributed by atoms with E-state index in [4.69, 9.17) is 10.2 Å². The summed E-state index contributed by atoms with van der Waals surface area (Å²) in [6, 6.07) is 0.148. The van der Waals surface area contributed by atoms with Crippen molar-refractivity contribution in [3.05, 3.63) is 35.1 Å². The van der Waals surface area contributed by atoms with Crippen molar-refractivity contribution in [3.63, 3.8) is 0 Å². The zero-order chi connectivity index (χ0) is 14.0. The third kappa shape index (κ3) is 2.47. The van der Waals surface area contributed by atoms with E-state index in [2.05, 4.69) is 0 Å². The van der Waals surface area contributed by atoms with Crippen molar-refractivity contribution in [2.24, 2.45) is 5.92 Å². The molecule has 0 heterocycles. The van der Waals surface area contributed by atoms with Gasteiger partial charge in [0.25, 0.3) is 0 Å². The molecular formula is C10H5F3O5. The Hall–Kier alpha value is -2.38. The van der Waals surface area contributed by atoms with Crippen LogP contribution in [0.15, 0.2) is 12.1 Å². The first-order chi connectivity index (χ1) is 8.25. The monoisotopic (exact) mass is 262 g/mol. The smallest absolute Gasteiger partial charge is 0.325 e. The Balaban J connectivity index is 3.30. The average molecular weight is 262 g/mol. The van der Waals surface area contributed by atoms with Crippen LogP contribution in [0.5, 0.6) is 0 Å². The fourth-order valence-electron chi connectivity index (χ4n) is 1.20. The van der Waals surface area contributed by atoms with Gasteiger partial charge in [-0.2, -0.15) is 0 Å². The molecule has 0 saturated heterocycles. The highest BCUT2D eigenvalue weighted by Crippen LogP contribution is 2.18. The molecule has 0 atom stereocenters. The second kappa shape index (κ2) is 4.86. The quantitative estimate of drug-likeness (QED) is 0.481. The second-order valence-electron chi connectivity index (χ2n) is 3.22. The zero-order valence-electron chi connectivity index (χ0n) is 8.49. The topological polar surface area (TPSA) is 91.7 Å². The number of carbonyl (C=O) groups excluding carboxylic acids is 1. The van der Waals surface area contributed by atoms with E-state index in [9.17, 15) is 27.6 Å². The fourth-order valence-corrected chi connectivity index (χ4v) is 1.20. The lowest BCUT2D eigenvalue weighted by Gasteiger charge is -2.07. The Morgan fingerprint density at radius 1 is 0.889 bits per heavy atom. The maximum atomic E-state index is 13.2. The van der Waals surface area contributed by atoms with E-state index in [0.29, 0.717) is 0 Å². The minimum atomic E-state index is -2.58. The molecule has 2 N–H and O–H groups in total. The van der Waals surface area contributed by atoms with Crippen LogP contribution < -0.4 is 0 Å². The number of ketones is 1. The number of hydrogen-bond donors (Lipinski definition) is 2. The number of carboxylic acid groups (broad SMARTS) is 2. The minimum Gasteiger partial charge on any atom is -0.480 e. The van der Waals surface area contributed by atoms with E-state index in [1.807, 2.05) is 0 Å². The van der Waals surface area contributed by atoms with Gasteiger partial charge in [0.1, 0.15) is 5.82 Å². The van der Waals surface area contributed by atoms with Crippen LogP contribution in [0.2, 0.25) is 0 Å². The largest absolute Gasteiger partial charge is 0.480 e. The van der Waals surface area contributed by atoms with Crippen molar-refractivity contribution in [1.82, 2.24) is 0 Å². The number of aliphatic carboxylic acids is 2. The summed E-state index contributed by atoms with van der Waals surface area (Å²) in [6.45, 7) is 0. The normalized spacial score (nSPS) is 10.4. The first-order valence-electron chi connectivity index (χ1n) is 4.40. The number of carbonyl (C=O) groups is 3. The van der Waals surface area contributed by atoms with Crippen molar-refractivity contribution in [2.45, 2.75) is 0 Å². The van der Waals surface area contributed by atoms with Gasteiger partial charge in [-0.05, 0) is 6.07 Å². The number of benzene rings is 1. The van der Waals surface area contributed by atoms with E-state index in [1.54, 1.807) is 0 Å². The van der Waals surface area contributed by atoms with E-state index in [1.165, 1.54) is 0 Å². The Morgan fingerprint density at radius 2 is 1.33 bits per heavy atom. The molecule has 0 saturated carbocycles. The van der Waals surface area contributed by atoms with Crippen molar-refractivity contribution in [2.75, 3.05) is 0 Å². The van der Waals surface area contributed by atoms with Gasteiger partial charge < -0.3 is 10.2 Å². The first-order valence-corrected chi connectivity index (χ1v) is 4.40. The molecule has 1 rings (SSSR count). The molecule has 0 aliphatic rings. The maximum absolute atomic E-state index is 13.2. The fraction of sp³-hybridized carbons (Fsp3) is 0.100. The van der Waals surface area contributed by atoms with Gasteiger partial charge in [-0.3, -0.25) is 14.4 Å². The third-order valence-electron chi connectivity index (χ3n) is 2.03. The summed E-state index contributed by atoms with van der Waals surface area (Å²) in [4.78, 5) is 32.5. The molecule has 0 spiro atoms. The standard InChI is InChI=1S/C10H5F3O5/c11-4-2-6(13)5(12)1-3(4)8(14)7(9(15)16)10(17)18/h1-2,7H,(H,15,16)(H,17,18). The van der Waals surface area contributed by atoms with Gasteiger partial charge >= 0.3 is 11.9 Å². The summed E-state index contributed by atoms with van der Waals surface area (Å²) in [5.41, 5.74) is -1.14. The lowest BCUT2D eigenvalue weighted by Crippen LogP contribution is -2.32. The summed E-state index contributed by atoms with van der Waals surface area (Å²) in [7, 11) is 0. The van der Waals surface area contributed by atoms with E-state index < -0.39 is 46.7 Å². The number of hydrogen-bond acceptors (Lipinski definition) is 3. The van der Waals surface area contributed by atoms with Crippen LogP contribution in [0.25, 0.3) is 0 Å². The predicted molar refractivity (Wildman–Crippen MR) is 49.4 cm³/mol. The van der Waals surface area contributed by atoms with Gasteiger partial charge in [0, 0.05) is 6.07 Å². The van der Waals surface area contributed by atoms with Crippen molar-refractivity contribution >= 4 is 17.7 Å². The highest BCUT2D eigenvalue weighted by atomic mass is 19.2. The Kier molecular flexibility index (Phi) is 3.70. The molecule has 0 aromatic heterocycles. The lowest BCUT2D eigenvalue weighted by molar-refractivity contribution is -0.151. The molecule has 5 nitrogen and oxygen atoms in total. The van der Waals surface area contributed by atoms with Crippen molar-refractivity contribution in [3.8, 4) is 0 Å². The number of halogens is 3. The summed E-state index contributed by atoms with van der Waals surface area (Å²) in [5.74, 6) is -13.0. The molecule has 0 fully saturated rings. The molecule has 0 unspecified atom stereocenters. The van der Waals surface area contributed by atoms with Gasteiger partial charge in [0.15, 0.2) is 17.4 Å². The zero-order valence-corrected chi connectivity index (χ0v) is 8.49. The van der Waals surface area contributed by atoms with Gasteiger partial charge in [0.05, 0.1) is 5.56 Å². The van der Waals surface area contributed by atoms with Crippen LogP contribution >= 0.6 is 0 Å². The van der Waals surface area contributed by atoms with Crippen LogP contribution in [0.1, 0.15) is 10.4 Å². The molecule has 1 aromatic rings. The molecule has 0 radical (unpaired) electrons. The number of rotatable bonds is 4. The summed E-state index contributed by atoms with van der Waals surface area (Å²) >= 11 is 0. The minimum absolute atomic E-state index is 0.0311. The number of carboxylic acids is 2. The lowest BCUT2D eigenvalue weighted by atomic mass is 9.97. The predicted octanol–water partition coefficient (Wildman–Crippen LogP) is 1.07. The number of Topliss-reactive ketones (excluding diaryl/α,β-unsaturated/α-hetero) is 1. The van der Waals surface area contributed by atoms with E-state index in [0.717, 1.165) is 0 Å². The van der Waals surface area contributed by atoms with Gasteiger partial charge in [0.2, 0.25) is 5.92 Å². The average Bonchev–Trinajstić information content (AvgIpc) is 2.22. The maximum Gasteiger partial charge on any atom is 0.325 e. The van der Waals surface area contributed by atoms with Crippen LogP contribution in [0.4, 0.5) is 13.2 Å². The Labute approximate surface area is 97.5 Å². The third-order valence-corrected chi connectivity index (χ3v) is 2.03. The van der Waals surface area contributed by atoms with Gasteiger partial charge in [-0.25, -0.2) is 13.2 Å². The second-order valence-corrected chi connectivity index (χ2v) is 3.22. The summed E-state index contributed by atoms with van der Waals surface area (Å²) < 4.78 is 38.5. The molecule has 0 amide bonds. The van der Waals surface area contributed by atoms with Crippen LogP contribution in [-0.4, -0.2) is 27.9 Å². The SMILES string of the molecule is O=C(O)C(C(=O)O)C(=O)c1cc(F)c(F)cc1F. The van der Waals surface area contributed by atoms with Crippen molar-refractivity contribution < 1.29 is 37.8 Å². The Bertz CT molecular complexity index is 527. The summed E-state index contributed by atoms with van der Waals surface area (Å²) in [5, 5.41) is 17.0. The molecule has 0 bridgehead atoms. The highest BCUT2D eigenvalue weighted by Gasteiger charge is 2.36. The highest BCUT2D eigenvalue weighted by molar-refractivity contribution is 6.20. The van der Waals surface area contributed by atoms with Gasteiger partial charge in [-0.1, -0.05) is 0 Å². The molecule has 0 aliphatic carbocycles. The summed E-state index contributed by atoms with van der Waals surface area (Å²) in [6.07, 6.45) is 0. The van der Waals surface area contributed by atoms with E-state index >= 15 is 0 Å². The molecular weight excluding hydrogens is 257 g/mol. The van der Waals surface area contributed by atoms with Crippen LogP contribution in [-0.2, 0) is 9.59 Å². The molecule has 18 heavy (non-hydrogen) atoms. The van der Waals surface area contributed by atoms with Crippen LogP contribution in [0, 0.1) is 23.4 Å². The molecule has 8 heteroatoms. The van der Waals surface area contributed by atoms with Crippen LogP contribution in [0.3, 0.4) is 0 Å². The molecule has 1 aromatic carbocycles. The Morgan fingerprint density at radius 3 is 1.78 bits per heavy atom. The molecule has 0 aliphatic heterocycles. The first kappa shape index (κ1) is 13.7. The van der Waals surface area contributed by atoms with E-state index in [-0.39, 0.29) is 12.1 Å². The van der Waals surface area contributed by atoms with Gasteiger partial charge in [-0.15, -0.1) is 0 Å². The van der Waals surface area contributed by atoms with Crippen molar-refractivity contribution in [1.29, 1.82) is 0 Å².